The number of hydrogen-bond donors (Lipinski definition) is 2. The molecule has 110 valence electrons. The Kier molecular flexibility index (Phi) is 5.16. The van der Waals surface area contributed by atoms with Gasteiger partial charge in [-0.05, 0) is 36.4 Å². The Morgan fingerprint density at radius 1 is 1.19 bits per heavy atom. The lowest BCUT2D eigenvalue weighted by Gasteiger charge is -2.09. The van der Waals surface area contributed by atoms with Gasteiger partial charge in [-0.1, -0.05) is 15.9 Å². The van der Waals surface area contributed by atoms with Crippen LogP contribution in [0.15, 0.2) is 46.9 Å². The van der Waals surface area contributed by atoms with Gasteiger partial charge >= 0.3 is 0 Å². The number of nitrogens with one attached hydrogen (secondary N) is 2. The largest absolute Gasteiger partial charge is 0.497 e. The van der Waals surface area contributed by atoms with Gasteiger partial charge in [-0.15, -0.1) is 0 Å². The number of anilines is 2. The molecule has 1 amide bonds. The highest BCUT2D eigenvalue weighted by molar-refractivity contribution is 9.10. The molecule has 0 spiro atoms. The van der Waals surface area contributed by atoms with E-state index in [1.807, 2.05) is 12.1 Å². The molecule has 0 saturated heterocycles. The van der Waals surface area contributed by atoms with E-state index in [0.29, 0.717) is 11.4 Å². The van der Waals surface area contributed by atoms with Gasteiger partial charge in [0.05, 0.1) is 13.7 Å². The van der Waals surface area contributed by atoms with Crippen LogP contribution in [0.25, 0.3) is 0 Å². The summed E-state index contributed by atoms with van der Waals surface area (Å²) in [6, 6.07) is 11.1. The van der Waals surface area contributed by atoms with Gasteiger partial charge in [0, 0.05) is 21.9 Å². The molecule has 2 N–H and O–H groups in total. The van der Waals surface area contributed by atoms with Crippen molar-refractivity contribution in [2.24, 2.45) is 0 Å². The van der Waals surface area contributed by atoms with Gasteiger partial charge < -0.3 is 15.4 Å². The van der Waals surface area contributed by atoms with Crippen LogP contribution in [-0.4, -0.2) is 19.6 Å². The van der Waals surface area contributed by atoms with E-state index >= 15 is 0 Å². The molecule has 0 aromatic heterocycles. The van der Waals surface area contributed by atoms with Crippen LogP contribution in [0, 0.1) is 5.82 Å². The topological polar surface area (TPSA) is 50.4 Å². The maximum Gasteiger partial charge on any atom is 0.243 e. The van der Waals surface area contributed by atoms with E-state index in [1.165, 1.54) is 24.3 Å². The Balaban J connectivity index is 1.92. The van der Waals surface area contributed by atoms with Crippen molar-refractivity contribution in [1.82, 2.24) is 0 Å². The van der Waals surface area contributed by atoms with E-state index in [2.05, 4.69) is 26.6 Å². The van der Waals surface area contributed by atoms with Crippen molar-refractivity contribution in [2.45, 2.75) is 0 Å². The smallest absolute Gasteiger partial charge is 0.243 e. The number of amides is 1. The Bertz CT molecular complexity index is 632. The maximum atomic E-state index is 12.8. The van der Waals surface area contributed by atoms with Crippen LogP contribution in [0.5, 0.6) is 5.75 Å². The maximum absolute atomic E-state index is 12.8. The molecule has 0 fully saturated rings. The number of halogens is 2. The van der Waals surface area contributed by atoms with Crippen LogP contribution in [-0.2, 0) is 4.79 Å². The molecule has 0 saturated carbocycles. The minimum atomic E-state index is -0.340. The second-order valence-corrected chi connectivity index (χ2v) is 5.20. The van der Waals surface area contributed by atoms with Gasteiger partial charge in [-0.3, -0.25) is 4.79 Å². The fraction of sp³-hybridized carbons (Fsp3) is 0.133. The molecule has 0 heterocycles. The van der Waals surface area contributed by atoms with Crippen LogP contribution >= 0.6 is 15.9 Å². The van der Waals surface area contributed by atoms with Gasteiger partial charge in [-0.2, -0.15) is 0 Å². The van der Waals surface area contributed by atoms with Crippen LogP contribution < -0.4 is 15.4 Å². The third kappa shape index (κ3) is 4.75. The second kappa shape index (κ2) is 7.08. The van der Waals surface area contributed by atoms with E-state index in [1.54, 1.807) is 13.2 Å². The molecule has 0 aliphatic rings. The SMILES string of the molecule is COc1cc(Br)cc(NCC(=O)Nc2ccc(F)cc2)c1. The first-order valence-corrected chi connectivity index (χ1v) is 7.00. The Morgan fingerprint density at radius 3 is 2.57 bits per heavy atom. The lowest BCUT2D eigenvalue weighted by atomic mass is 10.3. The quantitative estimate of drug-likeness (QED) is 0.863. The number of rotatable bonds is 5. The normalized spacial score (nSPS) is 10.0. The summed E-state index contributed by atoms with van der Waals surface area (Å²) in [6.07, 6.45) is 0. The van der Waals surface area contributed by atoms with Crippen molar-refractivity contribution >= 4 is 33.2 Å². The summed E-state index contributed by atoms with van der Waals surface area (Å²) >= 11 is 3.37. The number of carbonyl (C=O) groups is 1. The molecule has 0 atom stereocenters. The van der Waals surface area contributed by atoms with Crippen LogP contribution in [0.4, 0.5) is 15.8 Å². The van der Waals surface area contributed by atoms with Gasteiger partial charge in [0.2, 0.25) is 5.91 Å². The summed E-state index contributed by atoms with van der Waals surface area (Å²) in [5.41, 5.74) is 1.31. The molecular weight excluding hydrogens is 339 g/mol. The molecule has 0 aliphatic heterocycles. The van der Waals surface area contributed by atoms with Crippen molar-refractivity contribution in [3.05, 3.63) is 52.8 Å². The molecule has 2 aromatic rings. The van der Waals surface area contributed by atoms with E-state index < -0.39 is 0 Å². The minimum absolute atomic E-state index is 0.0942. The minimum Gasteiger partial charge on any atom is -0.497 e. The highest BCUT2D eigenvalue weighted by Gasteiger charge is 2.04. The summed E-state index contributed by atoms with van der Waals surface area (Å²) in [6.45, 7) is 0.0942. The molecule has 0 unspecified atom stereocenters. The highest BCUT2D eigenvalue weighted by Crippen LogP contribution is 2.24. The zero-order valence-electron chi connectivity index (χ0n) is 11.3. The predicted octanol–water partition coefficient (Wildman–Crippen LogP) is 3.65. The first kappa shape index (κ1) is 15.3. The Morgan fingerprint density at radius 2 is 1.90 bits per heavy atom. The van der Waals surface area contributed by atoms with Crippen LogP contribution in [0.3, 0.4) is 0 Å². The van der Waals surface area contributed by atoms with E-state index in [4.69, 9.17) is 4.74 Å². The second-order valence-electron chi connectivity index (χ2n) is 4.29. The molecular formula is C15H14BrFN2O2. The molecule has 2 aromatic carbocycles. The van der Waals surface area contributed by atoms with Crippen molar-refractivity contribution in [3.8, 4) is 5.75 Å². The third-order valence-corrected chi connectivity index (χ3v) is 3.15. The number of carbonyl (C=O) groups excluding carboxylic acids is 1. The predicted molar refractivity (Wildman–Crippen MR) is 84.2 cm³/mol. The standard InChI is InChI=1S/C15H14BrFN2O2/c1-21-14-7-10(16)6-13(8-14)18-9-15(20)19-12-4-2-11(17)3-5-12/h2-8,18H,9H2,1H3,(H,19,20). The lowest BCUT2D eigenvalue weighted by molar-refractivity contribution is -0.114. The first-order valence-electron chi connectivity index (χ1n) is 6.20. The molecule has 0 aliphatic carbocycles. The Hall–Kier alpha value is -2.08. The molecule has 0 bridgehead atoms. The number of hydrogen-bond acceptors (Lipinski definition) is 3. The number of benzene rings is 2. The zero-order valence-corrected chi connectivity index (χ0v) is 12.9. The van der Waals surface area contributed by atoms with E-state index in [0.717, 1.165) is 10.2 Å². The highest BCUT2D eigenvalue weighted by atomic mass is 79.9. The average Bonchev–Trinajstić information content (AvgIpc) is 2.47. The van der Waals surface area contributed by atoms with Gasteiger partial charge in [-0.25, -0.2) is 4.39 Å². The van der Waals surface area contributed by atoms with Gasteiger partial charge in [0.1, 0.15) is 11.6 Å². The summed E-state index contributed by atoms with van der Waals surface area (Å²) in [5, 5.41) is 5.67. The Labute approximate surface area is 130 Å². The molecule has 2 rings (SSSR count). The molecule has 0 radical (unpaired) electrons. The fourth-order valence-electron chi connectivity index (χ4n) is 1.70. The molecule has 6 heteroatoms. The monoisotopic (exact) mass is 352 g/mol. The summed E-state index contributed by atoms with van der Waals surface area (Å²) in [7, 11) is 1.58. The molecule has 21 heavy (non-hydrogen) atoms. The van der Waals surface area contributed by atoms with Crippen molar-refractivity contribution in [3.63, 3.8) is 0 Å². The number of ether oxygens (including phenoxy) is 1. The third-order valence-electron chi connectivity index (χ3n) is 2.69. The lowest BCUT2D eigenvalue weighted by Crippen LogP contribution is -2.21. The van der Waals surface area contributed by atoms with E-state index in [-0.39, 0.29) is 18.3 Å². The summed E-state index contributed by atoms with van der Waals surface area (Å²) in [5.74, 6) is 0.124. The summed E-state index contributed by atoms with van der Waals surface area (Å²) in [4.78, 5) is 11.8. The van der Waals surface area contributed by atoms with Crippen molar-refractivity contribution in [2.75, 3.05) is 24.3 Å². The van der Waals surface area contributed by atoms with Crippen LogP contribution in [0.2, 0.25) is 0 Å². The van der Waals surface area contributed by atoms with Crippen molar-refractivity contribution < 1.29 is 13.9 Å². The fourth-order valence-corrected chi connectivity index (χ4v) is 2.18. The first-order chi connectivity index (χ1) is 10.1. The average molecular weight is 353 g/mol. The molecule has 4 nitrogen and oxygen atoms in total. The van der Waals surface area contributed by atoms with Gasteiger partial charge in [0.25, 0.3) is 0 Å². The zero-order chi connectivity index (χ0) is 15.2. The number of methoxy groups -OCH3 is 1. The van der Waals surface area contributed by atoms with Crippen LogP contribution in [0.1, 0.15) is 0 Å². The summed E-state index contributed by atoms with van der Waals surface area (Å²) < 4.78 is 18.8. The van der Waals surface area contributed by atoms with Crippen molar-refractivity contribution in [1.29, 1.82) is 0 Å². The van der Waals surface area contributed by atoms with E-state index in [9.17, 15) is 9.18 Å². The van der Waals surface area contributed by atoms with Gasteiger partial charge in [0.15, 0.2) is 0 Å².